The summed E-state index contributed by atoms with van der Waals surface area (Å²) >= 11 is 0. The second-order valence-electron chi connectivity index (χ2n) is 2.76. The Labute approximate surface area is 63.2 Å². The topological polar surface area (TPSA) is 29.1 Å². The molecule has 10 heavy (non-hydrogen) atoms. The Morgan fingerprint density at radius 3 is 2.40 bits per heavy atom. The van der Waals surface area contributed by atoms with Gasteiger partial charge in [-0.3, -0.25) is 0 Å². The summed E-state index contributed by atoms with van der Waals surface area (Å²) in [5.41, 5.74) is 0. The van der Waals surface area contributed by atoms with Gasteiger partial charge >= 0.3 is 0 Å². The highest BCUT2D eigenvalue weighted by Gasteiger charge is 2.06. The van der Waals surface area contributed by atoms with E-state index in [0.717, 1.165) is 12.8 Å². The lowest BCUT2D eigenvalue weighted by molar-refractivity contribution is -0.165. The molecule has 0 aromatic carbocycles. The van der Waals surface area contributed by atoms with Crippen molar-refractivity contribution in [1.29, 1.82) is 0 Å². The molecular formula is C8H17O2. The molecule has 0 spiro atoms. The molecule has 0 bridgehead atoms. The lowest BCUT2D eigenvalue weighted by atomic mass is 10.2. The Kier molecular flexibility index (Phi) is 5.64. The van der Waals surface area contributed by atoms with E-state index in [4.69, 9.17) is 4.74 Å². The van der Waals surface area contributed by atoms with Gasteiger partial charge in [0, 0.05) is 6.42 Å². The minimum absolute atomic E-state index is 0.0688. The normalized spacial score (nSPS) is 14.1. The standard InChI is InChI=1S/C8H17O2/c1-4-5-6-8(9)10-7(2)3/h7-8H,4-6H2,1-3H3. The average molecular weight is 145 g/mol. The Bertz CT molecular complexity index is 71.7. The van der Waals surface area contributed by atoms with Crippen LogP contribution in [-0.2, 0) is 9.84 Å². The lowest BCUT2D eigenvalue weighted by Crippen LogP contribution is -2.15. The fourth-order valence-corrected chi connectivity index (χ4v) is 0.742. The largest absolute Gasteiger partial charge is 0.347 e. The third-order valence-corrected chi connectivity index (χ3v) is 1.22. The molecule has 0 heterocycles. The van der Waals surface area contributed by atoms with Gasteiger partial charge in [-0.25, -0.2) is 5.11 Å². The van der Waals surface area contributed by atoms with Crippen LogP contribution in [0.1, 0.15) is 40.0 Å². The first-order valence-corrected chi connectivity index (χ1v) is 3.98. The van der Waals surface area contributed by atoms with Crippen LogP contribution in [0.4, 0.5) is 0 Å². The van der Waals surface area contributed by atoms with Crippen molar-refractivity contribution in [2.75, 3.05) is 0 Å². The highest BCUT2D eigenvalue weighted by Crippen LogP contribution is 2.04. The second kappa shape index (κ2) is 5.69. The minimum atomic E-state index is -0.806. The van der Waals surface area contributed by atoms with E-state index in [1.807, 2.05) is 13.8 Å². The zero-order valence-electron chi connectivity index (χ0n) is 7.09. The van der Waals surface area contributed by atoms with Crippen LogP contribution in [0.3, 0.4) is 0 Å². The molecule has 0 aliphatic heterocycles. The molecule has 0 saturated heterocycles. The van der Waals surface area contributed by atoms with Crippen molar-refractivity contribution in [1.82, 2.24) is 0 Å². The van der Waals surface area contributed by atoms with Crippen molar-refractivity contribution in [2.45, 2.75) is 52.4 Å². The van der Waals surface area contributed by atoms with Gasteiger partial charge in [0.2, 0.25) is 0 Å². The molecule has 0 rings (SSSR count). The molecule has 1 radical (unpaired) electrons. The van der Waals surface area contributed by atoms with Crippen LogP contribution in [-0.4, -0.2) is 12.4 Å². The fourth-order valence-electron chi connectivity index (χ4n) is 0.742. The SMILES string of the molecule is CCCCC([O])OC(C)C. The van der Waals surface area contributed by atoms with Gasteiger partial charge in [0.1, 0.15) is 0 Å². The van der Waals surface area contributed by atoms with Crippen molar-refractivity contribution in [3.8, 4) is 0 Å². The summed E-state index contributed by atoms with van der Waals surface area (Å²) in [6.07, 6.45) is 1.95. The Morgan fingerprint density at radius 1 is 1.40 bits per heavy atom. The van der Waals surface area contributed by atoms with Crippen LogP contribution in [0.15, 0.2) is 0 Å². The zero-order chi connectivity index (χ0) is 7.98. The first kappa shape index (κ1) is 9.92. The molecule has 2 nitrogen and oxygen atoms in total. The Hall–Kier alpha value is -0.0800. The van der Waals surface area contributed by atoms with Gasteiger partial charge in [0.15, 0.2) is 6.29 Å². The summed E-state index contributed by atoms with van der Waals surface area (Å²) in [5.74, 6) is 0. The quantitative estimate of drug-likeness (QED) is 0.546. The van der Waals surface area contributed by atoms with E-state index in [1.165, 1.54) is 0 Å². The van der Waals surface area contributed by atoms with E-state index in [-0.39, 0.29) is 6.10 Å². The molecule has 61 valence electrons. The third kappa shape index (κ3) is 6.05. The molecule has 1 unspecified atom stereocenters. The second-order valence-corrected chi connectivity index (χ2v) is 2.76. The first-order chi connectivity index (χ1) is 4.66. The van der Waals surface area contributed by atoms with Crippen LogP contribution in [0.25, 0.3) is 0 Å². The van der Waals surface area contributed by atoms with Crippen molar-refractivity contribution >= 4 is 0 Å². The molecule has 0 aliphatic carbocycles. The van der Waals surface area contributed by atoms with E-state index in [0.29, 0.717) is 6.42 Å². The maximum absolute atomic E-state index is 10.9. The van der Waals surface area contributed by atoms with Crippen molar-refractivity contribution < 1.29 is 9.84 Å². The molecule has 2 heteroatoms. The van der Waals surface area contributed by atoms with Crippen molar-refractivity contribution in [3.05, 3.63) is 0 Å². The van der Waals surface area contributed by atoms with E-state index in [2.05, 4.69) is 6.92 Å². The zero-order valence-corrected chi connectivity index (χ0v) is 7.09. The first-order valence-electron chi connectivity index (χ1n) is 3.98. The fraction of sp³-hybridized carbons (Fsp3) is 1.00. The molecule has 0 N–H and O–H groups in total. The lowest BCUT2D eigenvalue weighted by Gasteiger charge is -2.11. The van der Waals surface area contributed by atoms with Crippen LogP contribution in [0, 0.1) is 0 Å². The van der Waals surface area contributed by atoms with Crippen molar-refractivity contribution in [2.24, 2.45) is 0 Å². The maximum Gasteiger partial charge on any atom is 0.191 e. The van der Waals surface area contributed by atoms with E-state index in [9.17, 15) is 5.11 Å². The highest BCUT2D eigenvalue weighted by molar-refractivity contribution is 4.44. The Balaban J connectivity index is 3.16. The minimum Gasteiger partial charge on any atom is -0.347 e. The van der Waals surface area contributed by atoms with Gasteiger partial charge in [-0.15, -0.1) is 0 Å². The van der Waals surface area contributed by atoms with Gasteiger partial charge in [-0.05, 0) is 20.3 Å². The van der Waals surface area contributed by atoms with Gasteiger partial charge in [0.05, 0.1) is 6.10 Å². The van der Waals surface area contributed by atoms with E-state index < -0.39 is 6.29 Å². The molecule has 0 aromatic rings. The van der Waals surface area contributed by atoms with E-state index in [1.54, 1.807) is 0 Å². The van der Waals surface area contributed by atoms with Crippen LogP contribution < -0.4 is 0 Å². The average Bonchev–Trinajstić information content (AvgIpc) is 1.82. The molecule has 0 fully saturated rings. The number of hydrogen-bond donors (Lipinski definition) is 0. The smallest absolute Gasteiger partial charge is 0.191 e. The summed E-state index contributed by atoms with van der Waals surface area (Å²) in [7, 11) is 0. The van der Waals surface area contributed by atoms with Crippen LogP contribution >= 0.6 is 0 Å². The van der Waals surface area contributed by atoms with Gasteiger partial charge in [-0.2, -0.15) is 0 Å². The summed E-state index contributed by atoms with van der Waals surface area (Å²) in [5, 5.41) is 10.9. The van der Waals surface area contributed by atoms with Crippen molar-refractivity contribution in [3.63, 3.8) is 0 Å². The number of unbranched alkanes of at least 4 members (excludes halogenated alkanes) is 1. The molecule has 0 aliphatic rings. The van der Waals surface area contributed by atoms with Gasteiger partial charge in [0.25, 0.3) is 0 Å². The molecule has 0 saturated carbocycles. The van der Waals surface area contributed by atoms with E-state index >= 15 is 0 Å². The maximum atomic E-state index is 10.9. The number of ether oxygens (including phenoxy) is 1. The predicted molar refractivity (Wildman–Crippen MR) is 40.2 cm³/mol. The van der Waals surface area contributed by atoms with Crippen LogP contribution in [0.2, 0.25) is 0 Å². The molecule has 1 atom stereocenters. The van der Waals surface area contributed by atoms with Gasteiger partial charge < -0.3 is 4.74 Å². The molecule has 0 aromatic heterocycles. The number of rotatable bonds is 5. The number of hydrogen-bond acceptors (Lipinski definition) is 1. The van der Waals surface area contributed by atoms with Gasteiger partial charge in [-0.1, -0.05) is 13.3 Å². The summed E-state index contributed by atoms with van der Waals surface area (Å²) < 4.78 is 5.00. The molecular weight excluding hydrogens is 128 g/mol. The summed E-state index contributed by atoms with van der Waals surface area (Å²) in [4.78, 5) is 0. The predicted octanol–water partition coefficient (Wildman–Crippen LogP) is 2.36. The van der Waals surface area contributed by atoms with Crippen LogP contribution in [0.5, 0.6) is 0 Å². The Morgan fingerprint density at radius 2 is 2.00 bits per heavy atom. The molecule has 0 amide bonds. The monoisotopic (exact) mass is 145 g/mol. The summed E-state index contributed by atoms with van der Waals surface area (Å²) in [6.45, 7) is 5.84. The third-order valence-electron chi connectivity index (χ3n) is 1.22. The summed E-state index contributed by atoms with van der Waals surface area (Å²) in [6, 6.07) is 0. The highest BCUT2D eigenvalue weighted by atomic mass is 16.6.